The minimum Gasteiger partial charge on any atom is -0.393 e. The van der Waals surface area contributed by atoms with Crippen molar-refractivity contribution in [3.63, 3.8) is 0 Å². The Bertz CT molecular complexity index is 885. The van der Waals surface area contributed by atoms with Crippen molar-refractivity contribution in [1.82, 2.24) is 5.32 Å². The summed E-state index contributed by atoms with van der Waals surface area (Å²) in [6, 6.07) is -1.14. The maximum Gasteiger partial charge on any atom is 0.472 e. The summed E-state index contributed by atoms with van der Waals surface area (Å²) in [7, 11) is -5.10. The van der Waals surface area contributed by atoms with Crippen LogP contribution in [0.1, 0.15) is 162 Å². The Morgan fingerprint density at radius 1 is 0.620 bits per heavy atom. The van der Waals surface area contributed by atoms with Gasteiger partial charge in [0.25, 0.3) is 0 Å². The number of phosphoric ester groups is 1. The lowest BCUT2D eigenvalue weighted by molar-refractivity contribution is -0.220. The van der Waals surface area contributed by atoms with Gasteiger partial charge in [0, 0.05) is 0 Å². The number of hydrogen-bond acceptors (Lipinski definition) is 11. The minimum atomic E-state index is -5.10. The van der Waals surface area contributed by atoms with Gasteiger partial charge in [0.15, 0.2) is 0 Å². The molecule has 8 unspecified atom stereocenters. The molecule has 1 rings (SSSR count). The van der Waals surface area contributed by atoms with Crippen LogP contribution in [-0.2, 0) is 18.4 Å². The molecule has 13 nitrogen and oxygen atoms in total. The first kappa shape index (κ1) is 47.3. The lowest BCUT2D eigenvalue weighted by Gasteiger charge is -2.41. The lowest BCUT2D eigenvalue weighted by Crippen LogP contribution is -2.64. The number of aliphatic hydroxyl groups is 7. The zero-order chi connectivity index (χ0) is 37.4. The molecule has 0 aromatic carbocycles. The van der Waals surface area contributed by atoms with Crippen molar-refractivity contribution in [2.24, 2.45) is 0 Å². The normalized spacial score (nSPS) is 25.6. The molecule has 0 aliphatic heterocycles. The van der Waals surface area contributed by atoms with Crippen LogP contribution in [0.4, 0.5) is 0 Å². The van der Waals surface area contributed by atoms with Crippen LogP contribution in [0.15, 0.2) is 0 Å². The first-order valence-electron chi connectivity index (χ1n) is 19.6. The minimum absolute atomic E-state index is 0.218. The van der Waals surface area contributed by atoms with Gasteiger partial charge in [-0.15, -0.1) is 0 Å². The molecule has 14 heteroatoms. The molecule has 1 aliphatic rings. The van der Waals surface area contributed by atoms with Gasteiger partial charge in [-0.2, -0.15) is 0 Å². The van der Waals surface area contributed by atoms with Crippen molar-refractivity contribution in [2.75, 3.05) is 6.61 Å². The van der Waals surface area contributed by atoms with E-state index in [0.717, 1.165) is 51.4 Å². The SMILES string of the molecule is CCCCCCCCCCCCC(O)CC(=O)NC(COP(=O)(O)OC1C(O)C(O)C(O)C(O)C1O)C(O)CCCCCCCCCCCC. The number of aliphatic hydroxyl groups excluding tert-OH is 7. The van der Waals surface area contributed by atoms with Crippen molar-refractivity contribution >= 4 is 13.7 Å². The summed E-state index contributed by atoms with van der Waals surface area (Å²) in [5.74, 6) is -0.563. The van der Waals surface area contributed by atoms with Crippen LogP contribution >= 0.6 is 7.82 Å². The molecular formula is C36H72NO12P. The Balaban J connectivity index is 2.63. The van der Waals surface area contributed by atoms with E-state index in [4.69, 9.17) is 9.05 Å². The van der Waals surface area contributed by atoms with Gasteiger partial charge < -0.3 is 46.0 Å². The van der Waals surface area contributed by atoms with Crippen molar-refractivity contribution in [3.05, 3.63) is 0 Å². The van der Waals surface area contributed by atoms with E-state index >= 15 is 0 Å². The van der Waals surface area contributed by atoms with Crippen LogP contribution in [0.2, 0.25) is 0 Å². The second-order valence-corrected chi connectivity index (χ2v) is 15.7. The van der Waals surface area contributed by atoms with Gasteiger partial charge in [-0.25, -0.2) is 4.57 Å². The topological polar surface area (TPSA) is 226 Å². The molecule has 0 bridgehead atoms. The molecule has 1 saturated carbocycles. The van der Waals surface area contributed by atoms with Gasteiger partial charge >= 0.3 is 7.82 Å². The number of carbonyl (C=O) groups excluding carboxylic acids is 1. The van der Waals surface area contributed by atoms with E-state index in [9.17, 15) is 50.0 Å². The van der Waals surface area contributed by atoms with Gasteiger partial charge in [0.1, 0.15) is 36.6 Å². The number of amides is 1. The molecule has 9 N–H and O–H groups in total. The highest BCUT2D eigenvalue weighted by Gasteiger charge is 2.51. The van der Waals surface area contributed by atoms with Gasteiger partial charge in [-0.3, -0.25) is 13.8 Å². The van der Waals surface area contributed by atoms with Crippen LogP contribution in [-0.4, -0.2) is 108 Å². The summed E-state index contributed by atoms with van der Waals surface area (Å²) >= 11 is 0. The summed E-state index contributed by atoms with van der Waals surface area (Å²) in [6.45, 7) is 3.71. The molecule has 0 heterocycles. The maximum absolute atomic E-state index is 12.9. The largest absolute Gasteiger partial charge is 0.472 e. The van der Waals surface area contributed by atoms with Crippen LogP contribution in [0, 0.1) is 0 Å². The van der Waals surface area contributed by atoms with E-state index in [1.54, 1.807) is 0 Å². The maximum atomic E-state index is 12.9. The lowest BCUT2D eigenvalue weighted by atomic mass is 9.85. The number of hydrogen-bond donors (Lipinski definition) is 9. The summed E-state index contributed by atoms with van der Waals surface area (Å²) < 4.78 is 22.7. The molecule has 0 spiro atoms. The highest BCUT2D eigenvalue weighted by molar-refractivity contribution is 7.47. The third-order valence-corrected chi connectivity index (χ3v) is 10.7. The first-order chi connectivity index (χ1) is 23.8. The van der Waals surface area contributed by atoms with Crippen molar-refractivity contribution in [2.45, 2.75) is 216 Å². The number of nitrogens with one attached hydrogen (secondary N) is 1. The second kappa shape index (κ2) is 27.8. The Hall–Kier alpha value is -0.700. The Morgan fingerprint density at radius 3 is 1.44 bits per heavy atom. The fraction of sp³-hybridized carbons (Fsp3) is 0.972. The molecule has 0 aromatic heterocycles. The zero-order valence-corrected chi connectivity index (χ0v) is 31.7. The monoisotopic (exact) mass is 741 g/mol. The molecule has 0 aromatic rings. The summed E-state index contributed by atoms with van der Waals surface area (Å²) in [6.07, 6.45) is 9.01. The molecule has 0 saturated heterocycles. The number of phosphoric acid groups is 1. The molecule has 1 amide bonds. The molecule has 50 heavy (non-hydrogen) atoms. The highest BCUT2D eigenvalue weighted by Crippen LogP contribution is 2.47. The van der Waals surface area contributed by atoms with E-state index in [1.165, 1.54) is 70.6 Å². The van der Waals surface area contributed by atoms with Crippen LogP contribution in [0.3, 0.4) is 0 Å². The molecular weight excluding hydrogens is 669 g/mol. The fourth-order valence-corrected chi connectivity index (χ4v) is 7.39. The first-order valence-corrected chi connectivity index (χ1v) is 21.1. The molecule has 8 atom stereocenters. The average Bonchev–Trinajstić information content (AvgIpc) is 3.08. The van der Waals surface area contributed by atoms with E-state index in [1.807, 2.05) is 0 Å². The number of carbonyl (C=O) groups is 1. The molecule has 298 valence electrons. The molecule has 1 fully saturated rings. The second-order valence-electron chi connectivity index (χ2n) is 14.3. The highest BCUT2D eigenvalue weighted by atomic mass is 31.2. The zero-order valence-electron chi connectivity index (χ0n) is 30.8. The third kappa shape index (κ3) is 20.5. The van der Waals surface area contributed by atoms with E-state index in [-0.39, 0.29) is 12.8 Å². The average molecular weight is 742 g/mol. The van der Waals surface area contributed by atoms with Crippen LogP contribution in [0.5, 0.6) is 0 Å². The van der Waals surface area contributed by atoms with Crippen LogP contribution in [0.25, 0.3) is 0 Å². The molecule has 0 radical (unpaired) electrons. The van der Waals surface area contributed by atoms with Gasteiger partial charge in [0.2, 0.25) is 5.91 Å². The Labute approximate surface area is 300 Å². The summed E-state index contributed by atoms with van der Waals surface area (Å²) in [5.41, 5.74) is 0. The standard InChI is InChI=1S/C36H72NO12P/c1-3-5-7-9-11-13-15-17-19-21-23-27(38)25-30(40)37-28(29(39)24-22-20-18-16-14-12-10-8-6-4-2)26-48-50(46,47)49-36-34(44)32(42)31(41)33(43)35(36)45/h27-29,31-36,38-39,41-45H,3-26H2,1-2H3,(H,37,40)(H,46,47). The number of rotatable bonds is 31. The van der Waals surface area contributed by atoms with Gasteiger partial charge in [0.05, 0.1) is 31.3 Å². The van der Waals surface area contributed by atoms with Crippen molar-refractivity contribution in [1.29, 1.82) is 0 Å². The predicted molar refractivity (Wildman–Crippen MR) is 192 cm³/mol. The molecule has 1 aliphatic carbocycles. The van der Waals surface area contributed by atoms with E-state index in [0.29, 0.717) is 12.8 Å². The summed E-state index contributed by atoms with van der Waals surface area (Å²) in [4.78, 5) is 23.2. The van der Waals surface area contributed by atoms with E-state index in [2.05, 4.69) is 19.2 Å². The van der Waals surface area contributed by atoms with Gasteiger partial charge in [-0.05, 0) is 12.8 Å². The number of unbranched alkanes of at least 4 members (excludes halogenated alkanes) is 18. The van der Waals surface area contributed by atoms with Gasteiger partial charge in [-0.1, -0.05) is 142 Å². The van der Waals surface area contributed by atoms with Crippen LogP contribution < -0.4 is 5.32 Å². The van der Waals surface area contributed by atoms with E-state index < -0.39 is 75.2 Å². The Morgan fingerprint density at radius 2 is 1.00 bits per heavy atom. The summed E-state index contributed by atoms with van der Waals surface area (Å²) in [5, 5.41) is 74.1. The fourth-order valence-electron chi connectivity index (χ4n) is 6.42. The third-order valence-electron chi connectivity index (χ3n) is 9.72. The van der Waals surface area contributed by atoms with Crippen molar-refractivity contribution < 1.29 is 59.0 Å². The van der Waals surface area contributed by atoms with Crippen molar-refractivity contribution in [3.8, 4) is 0 Å². The smallest absolute Gasteiger partial charge is 0.393 e. The Kier molecular flexibility index (Phi) is 26.3. The predicted octanol–water partition coefficient (Wildman–Crippen LogP) is 4.53. The quantitative estimate of drug-likeness (QED) is 0.0353.